The molecule has 0 aromatic heterocycles. The summed E-state index contributed by atoms with van der Waals surface area (Å²) >= 11 is 0. The molecule has 2 N–H and O–H groups in total. The zero-order chi connectivity index (χ0) is 27.3. The summed E-state index contributed by atoms with van der Waals surface area (Å²) in [5.74, 6) is -0.202. The van der Waals surface area contributed by atoms with E-state index in [0.717, 1.165) is 11.1 Å². The molecule has 2 amide bonds. The van der Waals surface area contributed by atoms with Crippen LogP contribution in [0.5, 0.6) is 11.5 Å². The number of amides is 2. The number of carbonyl (C=O) groups excluding carboxylic acids is 1. The maximum Gasteiger partial charge on any atom is 0.339 e. The Morgan fingerprint density at radius 2 is 0.974 bits per heavy atom. The molecule has 0 spiro atoms. The van der Waals surface area contributed by atoms with Crippen LogP contribution in [0.15, 0.2) is 107 Å². The quantitative estimate of drug-likeness (QED) is 0.277. The van der Waals surface area contributed by atoms with Crippen LogP contribution in [-0.4, -0.2) is 22.9 Å². The van der Waals surface area contributed by atoms with Crippen LogP contribution in [0, 0.1) is 13.8 Å². The molecule has 38 heavy (non-hydrogen) atoms. The van der Waals surface area contributed by atoms with E-state index in [1.807, 2.05) is 0 Å². The minimum Gasteiger partial charge on any atom is -0.377 e. The van der Waals surface area contributed by atoms with E-state index in [0.29, 0.717) is 0 Å². The Bertz CT molecular complexity index is 1580. The standard InChI is InChI=1S/C27H24N2O7S2/c1-19-9-7-11-21(17-19)37(31,32)35-25-15-5-3-13-23(25)28-27(30)29-24-14-4-6-16-26(24)36-38(33,34)22-12-8-10-20(2)18-22/h3-18H,1-2H3,(H2,28,29,30). The fraction of sp³-hybridized carbons (Fsp3) is 0.0741. The highest BCUT2D eigenvalue weighted by Crippen LogP contribution is 2.30. The van der Waals surface area contributed by atoms with Gasteiger partial charge in [-0.25, -0.2) is 4.79 Å². The molecular weight excluding hydrogens is 528 g/mol. The molecule has 0 atom stereocenters. The predicted octanol–water partition coefficient (Wildman–Crippen LogP) is 5.48. The maximum atomic E-state index is 12.8. The molecule has 9 nitrogen and oxygen atoms in total. The van der Waals surface area contributed by atoms with Gasteiger partial charge in [-0.1, -0.05) is 48.5 Å². The molecule has 0 saturated heterocycles. The third-order valence-electron chi connectivity index (χ3n) is 5.23. The van der Waals surface area contributed by atoms with E-state index in [9.17, 15) is 21.6 Å². The van der Waals surface area contributed by atoms with Crippen LogP contribution in [-0.2, 0) is 20.2 Å². The van der Waals surface area contributed by atoms with E-state index in [4.69, 9.17) is 8.37 Å². The van der Waals surface area contributed by atoms with Crippen molar-refractivity contribution in [1.29, 1.82) is 0 Å². The molecule has 0 aliphatic carbocycles. The Hall–Kier alpha value is -4.35. The van der Waals surface area contributed by atoms with Gasteiger partial charge in [-0.05, 0) is 73.5 Å². The molecule has 0 unspecified atom stereocenters. The molecule has 0 saturated carbocycles. The van der Waals surface area contributed by atoms with Gasteiger partial charge in [0.15, 0.2) is 11.5 Å². The van der Waals surface area contributed by atoms with Gasteiger partial charge >= 0.3 is 26.3 Å². The number of carbonyl (C=O) groups is 1. The van der Waals surface area contributed by atoms with Crippen molar-refractivity contribution in [3.8, 4) is 11.5 Å². The Kier molecular flexibility index (Phi) is 7.70. The second-order valence-electron chi connectivity index (χ2n) is 8.28. The van der Waals surface area contributed by atoms with Crippen LogP contribution in [0.4, 0.5) is 16.2 Å². The van der Waals surface area contributed by atoms with Crippen molar-refractivity contribution in [3.63, 3.8) is 0 Å². The molecule has 4 aromatic carbocycles. The Morgan fingerprint density at radius 3 is 1.37 bits per heavy atom. The molecule has 11 heteroatoms. The fourth-order valence-electron chi connectivity index (χ4n) is 3.44. The fourth-order valence-corrected chi connectivity index (χ4v) is 5.54. The minimum absolute atomic E-state index is 0.0300. The van der Waals surface area contributed by atoms with E-state index >= 15 is 0 Å². The number of hydrogen-bond donors (Lipinski definition) is 2. The molecule has 0 radical (unpaired) electrons. The minimum atomic E-state index is -4.17. The average Bonchev–Trinajstić information content (AvgIpc) is 2.86. The van der Waals surface area contributed by atoms with Crippen molar-refractivity contribution in [2.75, 3.05) is 10.6 Å². The topological polar surface area (TPSA) is 128 Å². The summed E-state index contributed by atoms with van der Waals surface area (Å²) < 4.78 is 61.7. The Morgan fingerprint density at radius 1 is 0.579 bits per heavy atom. The van der Waals surface area contributed by atoms with Gasteiger partial charge in [0.2, 0.25) is 0 Å². The van der Waals surface area contributed by atoms with Gasteiger partial charge in [-0.2, -0.15) is 16.8 Å². The highest BCUT2D eigenvalue weighted by atomic mass is 32.2. The summed E-state index contributed by atoms with van der Waals surface area (Å²) in [6.07, 6.45) is 0. The highest BCUT2D eigenvalue weighted by Gasteiger charge is 2.21. The van der Waals surface area contributed by atoms with Crippen molar-refractivity contribution >= 4 is 37.6 Å². The smallest absolute Gasteiger partial charge is 0.339 e. The summed E-state index contributed by atoms with van der Waals surface area (Å²) in [6, 6.07) is 23.7. The SMILES string of the molecule is Cc1cccc(S(=O)(=O)Oc2ccccc2NC(=O)Nc2ccccc2OS(=O)(=O)c2cccc(C)c2)c1. The largest absolute Gasteiger partial charge is 0.377 e. The van der Waals surface area contributed by atoms with Crippen LogP contribution in [0.3, 0.4) is 0 Å². The van der Waals surface area contributed by atoms with E-state index < -0.39 is 26.3 Å². The zero-order valence-corrected chi connectivity index (χ0v) is 22.0. The third-order valence-corrected chi connectivity index (χ3v) is 7.69. The molecule has 0 aliphatic heterocycles. The van der Waals surface area contributed by atoms with Crippen molar-refractivity contribution < 1.29 is 30.0 Å². The third kappa shape index (κ3) is 6.50. The first-order chi connectivity index (χ1) is 18.0. The van der Waals surface area contributed by atoms with Crippen LogP contribution in [0.25, 0.3) is 0 Å². The molecular formula is C27H24N2O7S2. The number of para-hydroxylation sites is 4. The Labute approximate surface area is 221 Å². The number of anilines is 2. The van der Waals surface area contributed by atoms with Crippen molar-refractivity contribution in [3.05, 3.63) is 108 Å². The average molecular weight is 553 g/mol. The van der Waals surface area contributed by atoms with Crippen LogP contribution >= 0.6 is 0 Å². The van der Waals surface area contributed by atoms with E-state index in [1.54, 1.807) is 62.4 Å². The van der Waals surface area contributed by atoms with Gasteiger partial charge < -0.3 is 19.0 Å². The number of aryl methyl sites for hydroxylation is 2. The van der Waals surface area contributed by atoms with Crippen LogP contribution < -0.4 is 19.0 Å². The second kappa shape index (κ2) is 11.0. The van der Waals surface area contributed by atoms with E-state index in [1.165, 1.54) is 48.5 Å². The van der Waals surface area contributed by atoms with Gasteiger partial charge in [0.25, 0.3) is 0 Å². The molecule has 0 aliphatic rings. The van der Waals surface area contributed by atoms with Crippen molar-refractivity contribution in [2.24, 2.45) is 0 Å². The summed E-state index contributed by atoms with van der Waals surface area (Å²) in [7, 11) is -8.34. The normalized spacial score (nSPS) is 11.4. The van der Waals surface area contributed by atoms with Crippen molar-refractivity contribution in [2.45, 2.75) is 23.6 Å². The molecule has 196 valence electrons. The molecule has 0 bridgehead atoms. The number of urea groups is 1. The van der Waals surface area contributed by atoms with Gasteiger partial charge in [0.1, 0.15) is 9.79 Å². The molecule has 4 rings (SSSR count). The first-order valence-electron chi connectivity index (χ1n) is 11.3. The number of rotatable bonds is 8. The zero-order valence-electron chi connectivity index (χ0n) is 20.4. The molecule has 0 fully saturated rings. The maximum absolute atomic E-state index is 12.8. The number of nitrogens with one attached hydrogen (secondary N) is 2. The predicted molar refractivity (Wildman–Crippen MR) is 144 cm³/mol. The van der Waals surface area contributed by atoms with Gasteiger partial charge in [-0.15, -0.1) is 0 Å². The van der Waals surface area contributed by atoms with Crippen molar-refractivity contribution in [1.82, 2.24) is 0 Å². The second-order valence-corrected chi connectivity index (χ2v) is 11.4. The summed E-state index contributed by atoms with van der Waals surface area (Å²) in [4.78, 5) is 12.8. The van der Waals surface area contributed by atoms with E-state index in [2.05, 4.69) is 10.6 Å². The first kappa shape index (κ1) is 26.7. The number of benzene rings is 4. The lowest BCUT2D eigenvalue weighted by molar-refractivity contribution is 0.262. The Balaban J connectivity index is 1.52. The van der Waals surface area contributed by atoms with Crippen LogP contribution in [0.1, 0.15) is 11.1 Å². The van der Waals surface area contributed by atoms with Gasteiger partial charge in [0, 0.05) is 0 Å². The van der Waals surface area contributed by atoms with Crippen LogP contribution in [0.2, 0.25) is 0 Å². The monoisotopic (exact) mass is 552 g/mol. The number of hydrogen-bond acceptors (Lipinski definition) is 7. The summed E-state index contributed by atoms with van der Waals surface area (Å²) in [5.41, 5.74) is 1.63. The van der Waals surface area contributed by atoms with E-state index in [-0.39, 0.29) is 32.7 Å². The lowest BCUT2D eigenvalue weighted by Crippen LogP contribution is -2.21. The lowest BCUT2D eigenvalue weighted by Gasteiger charge is -2.15. The van der Waals surface area contributed by atoms with Gasteiger partial charge in [0.05, 0.1) is 11.4 Å². The molecule has 0 heterocycles. The molecule has 4 aromatic rings. The highest BCUT2D eigenvalue weighted by molar-refractivity contribution is 7.87. The summed E-state index contributed by atoms with van der Waals surface area (Å²) in [5, 5.41) is 5.06. The summed E-state index contributed by atoms with van der Waals surface area (Å²) in [6.45, 7) is 3.51. The van der Waals surface area contributed by atoms with Gasteiger partial charge in [-0.3, -0.25) is 0 Å². The first-order valence-corrected chi connectivity index (χ1v) is 14.1. The lowest BCUT2D eigenvalue weighted by atomic mass is 10.2.